The Labute approximate surface area is 112 Å². The minimum absolute atomic E-state index is 0.173. The molecule has 0 unspecified atom stereocenters. The van der Waals surface area contributed by atoms with Gasteiger partial charge in [-0.15, -0.1) is 0 Å². The maximum Gasteiger partial charge on any atom is 0.309 e. The van der Waals surface area contributed by atoms with E-state index in [0.717, 1.165) is 11.1 Å². The summed E-state index contributed by atoms with van der Waals surface area (Å²) in [5.74, 6) is 0.465. The van der Waals surface area contributed by atoms with Gasteiger partial charge in [0.15, 0.2) is 11.5 Å². The van der Waals surface area contributed by atoms with Gasteiger partial charge in [-0.25, -0.2) is 0 Å². The lowest BCUT2D eigenvalue weighted by atomic mass is 9.84. The molecule has 0 radical (unpaired) electrons. The summed E-state index contributed by atoms with van der Waals surface area (Å²) in [4.78, 5) is 11.3. The molecule has 0 spiro atoms. The zero-order chi connectivity index (χ0) is 14.0. The lowest BCUT2D eigenvalue weighted by molar-refractivity contribution is -0.146. The molecular formula is C14H18O5. The van der Waals surface area contributed by atoms with Crippen LogP contribution in [-0.2, 0) is 22.6 Å². The highest BCUT2D eigenvalue weighted by atomic mass is 16.7. The fourth-order valence-electron chi connectivity index (χ4n) is 2.07. The van der Waals surface area contributed by atoms with Gasteiger partial charge in [0.05, 0.1) is 12.0 Å². The van der Waals surface area contributed by atoms with Crippen molar-refractivity contribution in [2.75, 3.05) is 13.9 Å². The average Bonchev–Trinajstić information content (AvgIpc) is 2.80. The van der Waals surface area contributed by atoms with Crippen molar-refractivity contribution in [2.24, 2.45) is 5.41 Å². The standard InChI is InChI=1S/C14H18O5/c1-14(2,13(15)16)6-10-9(7-17-3)4-5-11-12(10)19-8-18-11/h4-5H,6-8H2,1-3H3,(H,15,16). The molecule has 0 bridgehead atoms. The third-order valence-electron chi connectivity index (χ3n) is 3.24. The zero-order valence-electron chi connectivity index (χ0n) is 11.4. The number of rotatable bonds is 5. The van der Waals surface area contributed by atoms with Crippen LogP contribution in [0.3, 0.4) is 0 Å². The van der Waals surface area contributed by atoms with Gasteiger partial charge in [-0.2, -0.15) is 0 Å². The molecule has 1 heterocycles. The molecule has 0 aliphatic carbocycles. The predicted octanol–water partition coefficient (Wildman–Crippen LogP) is 2.21. The maximum absolute atomic E-state index is 11.3. The Morgan fingerprint density at radius 3 is 2.79 bits per heavy atom. The van der Waals surface area contributed by atoms with Crippen LogP contribution in [0.25, 0.3) is 0 Å². The molecule has 2 rings (SSSR count). The number of carbonyl (C=O) groups is 1. The Balaban J connectivity index is 2.42. The number of methoxy groups -OCH3 is 1. The van der Waals surface area contributed by atoms with Crippen molar-refractivity contribution in [1.29, 1.82) is 0 Å². The lowest BCUT2D eigenvalue weighted by Gasteiger charge is -2.22. The van der Waals surface area contributed by atoms with Crippen LogP contribution in [0.5, 0.6) is 11.5 Å². The highest BCUT2D eigenvalue weighted by Crippen LogP contribution is 2.40. The minimum atomic E-state index is -0.871. The van der Waals surface area contributed by atoms with Gasteiger partial charge in [0.2, 0.25) is 6.79 Å². The largest absolute Gasteiger partial charge is 0.481 e. The van der Waals surface area contributed by atoms with Crippen molar-refractivity contribution >= 4 is 5.97 Å². The SMILES string of the molecule is COCc1ccc2c(c1CC(C)(C)C(=O)O)OCO2. The van der Waals surface area contributed by atoms with Crippen molar-refractivity contribution in [3.63, 3.8) is 0 Å². The third kappa shape index (κ3) is 2.66. The quantitative estimate of drug-likeness (QED) is 0.885. The topological polar surface area (TPSA) is 65.0 Å². The molecule has 0 saturated carbocycles. The summed E-state index contributed by atoms with van der Waals surface area (Å²) in [5, 5.41) is 9.27. The molecule has 1 aromatic carbocycles. The maximum atomic E-state index is 11.3. The van der Waals surface area contributed by atoms with Crippen LogP contribution in [0.4, 0.5) is 0 Å². The molecule has 0 saturated heterocycles. The highest BCUT2D eigenvalue weighted by Gasteiger charge is 2.32. The Hall–Kier alpha value is -1.75. The van der Waals surface area contributed by atoms with E-state index in [2.05, 4.69) is 0 Å². The molecule has 5 nitrogen and oxygen atoms in total. The van der Waals surface area contributed by atoms with Gasteiger partial charge >= 0.3 is 5.97 Å². The molecule has 5 heteroatoms. The van der Waals surface area contributed by atoms with Crippen LogP contribution < -0.4 is 9.47 Å². The average molecular weight is 266 g/mol. The molecule has 1 N–H and O–H groups in total. The first-order valence-electron chi connectivity index (χ1n) is 6.08. The first kappa shape index (κ1) is 13.7. The minimum Gasteiger partial charge on any atom is -0.481 e. The third-order valence-corrected chi connectivity index (χ3v) is 3.24. The van der Waals surface area contributed by atoms with Crippen molar-refractivity contribution < 1.29 is 24.1 Å². The summed E-state index contributed by atoms with van der Waals surface area (Å²) in [6.45, 7) is 3.98. The van der Waals surface area contributed by atoms with E-state index in [9.17, 15) is 9.90 Å². The van der Waals surface area contributed by atoms with Gasteiger partial charge in [-0.05, 0) is 31.9 Å². The molecule has 0 atom stereocenters. The Morgan fingerprint density at radius 1 is 1.42 bits per heavy atom. The molecule has 0 fully saturated rings. The zero-order valence-corrected chi connectivity index (χ0v) is 11.4. The number of carboxylic acid groups (broad SMARTS) is 1. The van der Waals surface area contributed by atoms with E-state index in [0.29, 0.717) is 24.5 Å². The number of fused-ring (bicyclic) bond motifs is 1. The highest BCUT2D eigenvalue weighted by molar-refractivity contribution is 5.74. The van der Waals surface area contributed by atoms with Crippen molar-refractivity contribution in [1.82, 2.24) is 0 Å². The lowest BCUT2D eigenvalue weighted by Crippen LogP contribution is -2.27. The Morgan fingerprint density at radius 2 is 2.16 bits per heavy atom. The number of benzene rings is 1. The molecule has 1 aromatic rings. The van der Waals surface area contributed by atoms with Gasteiger partial charge in [0, 0.05) is 12.7 Å². The fraction of sp³-hybridized carbons (Fsp3) is 0.500. The molecule has 1 aliphatic heterocycles. The molecule has 0 aromatic heterocycles. The number of ether oxygens (including phenoxy) is 3. The van der Waals surface area contributed by atoms with E-state index in [1.165, 1.54) is 0 Å². The number of aliphatic carboxylic acids is 1. The van der Waals surface area contributed by atoms with Crippen molar-refractivity contribution in [3.05, 3.63) is 23.3 Å². The first-order chi connectivity index (χ1) is 8.95. The van der Waals surface area contributed by atoms with Crippen molar-refractivity contribution in [3.8, 4) is 11.5 Å². The van der Waals surface area contributed by atoms with Crippen LogP contribution in [0.1, 0.15) is 25.0 Å². The second kappa shape index (κ2) is 5.09. The van der Waals surface area contributed by atoms with E-state index in [1.807, 2.05) is 12.1 Å². The van der Waals surface area contributed by atoms with E-state index >= 15 is 0 Å². The summed E-state index contributed by atoms with van der Waals surface area (Å²) in [7, 11) is 1.61. The van der Waals surface area contributed by atoms with Gasteiger partial charge in [-0.1, -0.05) is 6.07 Å². The van der Waals surface area contributed by atoms with Crippen LogP contribution in [0.2, 0.25) is 0 Å². The summed E-state index contributed by atoms with van der Waals surface area (Å²) in [6, 6.07) is 3.72. The molecular weight excluding hydrogens is 248 g/mol. The molecule has 104 valence electrons. The van der Waals surface area contributed by atoms with E-state index < -0.39 is 11.4 Å². The van der Waals surface area contributed by atoms with Crippen LogP contribution >= 0.6 is 0 Å². The monoisotopic (exact) mass is 266 g/mol. The van der Waals surface area contributed by atoms with Gasteiger partial charge in [0.25, 0.3) is 0 Å². The molecule has 1 aliphatic rings. The fourth-order valence-corrected chi connectivity index (χ4v) is 2.07. The summed E-state index contributed by atoms with van der Waals surface area (Å²) in [5.41, 5.74) is 0.911. The van der Waals surface area contributed by atoms with Crippen LogP contribution in [0.15, 0.2) is 12.1 Å². The first-order valence-corrected chi connectivity index (χ1v) is 6.08. The van der Waals surface area contributed by atoms with Crippen LogP contribution in [-0.4, -0.2) is 25.0 Å². The van der Waals surface area contributed by atoms with E-state index in [-0.39, 0.29) is 6.79 Å². The second-order valence-corrected chi connectivity index (χ2v) is 5.24. The molecule has 19 heavy (non-hydrogen) atoms. The smallest absolute Gasteiger partial charge is 0.309 e. The summed E-state index contributed by atoms with van der Waals surface area (Å²) < 4.78 is 16.0. The van der Waals surface area contributed by atoms with Crippen LogP contribution in [0, 0.1) is 5.41 Å². The number of carboxylic acids is 1. The van der Waals surface area contributed by atoms with Gasteiger partial charge in [0.1, 0.15) is 0 Å². The van der Waals surface area contributed by atoms with Crippen molar-refractivity contribution in [2.45, 2.75) is 26.9 Å². The summed E-state index contributed by atoms with van der Waals surface area (Å²) in [6.07, 6.45) is 0.369. The number of hydrogen-bond acceptors (Lipinski definition) is 4. The second-order valence-electron chi connectivity index (χ2n) is 5.24. The molecule has 0 amide bonds. The number of hydrogen-bond donors (Lipinski definition) is 1. The Kier molecular flexibility index (Phi) is 3.66. The summed E-state index contributed by atoms with van der Waals surface area (Å²) >= 11 is 0. The van der Waals surface area contributed by atoms with Gasteiger partial charge in [-0.3, -0.25) is 4.79 Å². The van der Waals surface area contributed by atoms with E-state index in [4.69, 9.17) is 14.2 Å². The van der Waals surface area contributed by atoms with Gasteiger partial charge < -0.3 is 19.3 Å². The Bertz CT molecular complexity index is 493. The predicted molar refractivity (Wildman–Crippen MR) is 68.4 cm³/mol. The van der Waals surface area contributed by atoms with E-state index in [1.54, 1.807) is 21.0 Å². The normalized spacial score (nSPS) is 13.6.